The van der Waals surface area contributed by atoms with E-state index in [9.17, 15) is 0 Å². The third-order valence-corrected chi connectivity index (χ3v) is 52.3. The van der Waals surface area contributed by atoms with E-state index < -0.39 is 59.9 Å². The third kappa shape index (κ3) is 14.0. The number of hydrogen-bond acceptors (Lipinski definition) is 2. The molecule has 6 aromatic carbocycles. The average molecular weight is 1280 g/mol. The Labute approximate surface area is 471 Å². The van der Waals surface area contributed by atoms with E-state index in [1.54, 1.807) is 32.6 Å². The fraction of sp³-hybridized carbons (Fsp3) is 0.419. The molecular weight excluding hydrogens is 1200 g/mol. The van der Waals surface area contributed by atoms with Crippen molar-refractivity contribution in [2.75, 3.05) is 18.6 Å². The number of hydrogen-bond donors (Lipinski definition) is 0. The van der Waals surface area contributed by atoms with Gasteiger partial charge >= 0.3 is 476 Å². The van der Waals surface area contributed by atoms with Gasteiger partial charge in [0.2, 0.25) is 0 Å². The summed E-state index contributed by atoms with van der Waals surface area (Å²) in [5.74, 6) is 4.66. The molecule has 384 valence electrons. The summed E-state index contributed by atoms with van der Waals surface area (Å²) in [5.41, 5.74) is 11.8. The van der Waals surface area contributed by atoms with Crippen molar-refractivity contribution >= 4 is 121 Å². The normalized spacial score (nSPS) is 12.4. The molecule has 0 heterocycles. The molecular formula is C62H88Br2Ge2N2P2Si2+2. The summed E-state index contributed by atoms with van der Waals surface area (Å²) in [7, 11) is -5.94. The zero-order valence-electron chi connectivity index (χ0n) is 46.7. The number of benzene rings is 6. The van der Waals surface area contributed by atoms with Crippen LogP contribution in [0.1, 0.15) is 157 Å². The quantitative estimate of drug-likeness (QED) is 0.0494. The molecule has 0 aliphatic heterocycles. The Bertz CT molecular complexity index is 2210. The molecule has 0 N–H and O–H groups in total. The van der Waals surface area contributed by atoms with Crippen LogP contribution >= 0.6 is 43.9 Å². The van der Waals surface area contributed by atoms with E-state index >= 15 is 0 Å². The van der Waals surface area contributed by atoms with Gasteiger partial charge in [-0.2, -0.15) is 0 Å². The Morgan fingerprint density at radius 1 is 0.333 bits per heavy atom. The monoisotopic (exact) mass is 1280 g/mol. The second kappa shape index (κ2) is 28.6. The van der Waals surface area contributed by atoms with Gasteiger partial charge < -0.3 is 0 Å². The van der Waals surface area contributed by atoms with Crippen molar-refractivity contribution in [2.24, 2.45) is 0 Å². The summed E-state index contributed by atoms with van der Waals surface area (Å²) in [4.78, 5) is 0. The van der Waals surface area contributed by atoms with Crippen LogP contribution in [-0.4, -0.2) is 55.7 Å². The van der Waals surface area contributed by atoms with Crippen molar-refractivity contribution in [3.63, 3.8) is 0 Å². The van der Waals surface area contributed by atoms with Crippen LogP contribution in [0.25, 0.3) is 0 Å². The predicted molar refractivity (Wildman–Crippen MR) is 346 cm³/mol. The van der Waals surface area contributed by atoms with E-state index in [0.29, 0.717) is 45.8 Å². The van der Waals surface area contributed by atoms with E-state index in [-0.39, 0.29) is 0 Å². The Morgan fingerprint density at radius 2 is 0.542 bits per heavy atom. The average Bonchev–Trinajstić information content (AvgIpc) is 3.37. The topological polar surface area (TPSA) is 6.48 Å². The molecule has 0 saturated heterocycles. The Kier molecular flexibility index (Phi) is 24.3. The number of halogens is 2. The molecule has 0 bridgehead atoms. The summed E-state index contributed by atoms with van der Waals surface area (Å²) in [6.45, 7) is 39.1. The van der Waals surface area contributed by atoms with Crippen molar-refractivity contribution < 1.29 is 0 Å². The molecule has 2 nitrogen and oxygen atoms in total. The van der Waals surface area contributed by atoms with Crippen LogP contribution in [0.2, 0.25) is 22.2 Å². The molecule has 72 heavy (non-hydrogen) atoms. The molecule has 6 aromatic rings. The van der Waals surface area contributed by atoms with Crippen LogP contribution < -0.4 is 28.3 Å². The molecule has 6 rings (SSSR count). The molecule has 0 spiro atoms. The van der Waals surface area contributed by atoms with Gasteiger partial charge in [-0.15, -0.1) is 0 Å². The van der Waals surface area contributed by atoms with Crippen molar-refractivity contribution in [2.45, 2.75) is 157 Å². The van der Waals surface area contributed by atoms with Crippen LogP contribution in [-0.2, 0) is 0 Å². The summed E-state index contributed by atoms with van der Waals surface area (Å²) >= 11 is 7.40. The zero-order valence-corrected chi connectivity index (χ0v) is 58.1. The molecule has 0 fully saturated rings. The number of anilines is 2. The van der Waals surface area contributed by atoms with E-state index in [2.05, 4.69) is 304 Å². The first-order valence-corrected chi connectivity index (χ1v) is 46.5. The van der Waals surface area contributed by atoms with E-state index in [1.807, 2.05) is 0 Å². The molecule has 0 aliphatic carbocycles. The predicted octanol–water partition coefficient (Wildman–Crippen LogP) is 17.7. The van der Waals surface area contributed by atoms with Gasteiger partial charge in [0, 0.05) is 0 Å². The first kappa shape index (κ1) is 61.1. The van der Waals surface area contributed by atoms with Gasteiger partial charge in [0.15, 0.2) is 0 Å². The van der Waals surface area contributed by atoms with E-state index in [1.165, 1.54) is 33.8 Å². The molecule has 0 unspecified atom stereocenters. The summed E-state index contributed by atoms with van der Waals surface area (Å²) in [5, 5.41) is 6.18. The fourth-order valence-electron chi connectivity index (χ4n) is 11.4. The van der Waals surface area contributed by atoms with E-state index in [4.69, 9.17) is 0 Å². The fourth-order valence-corrected chi connectivity index (χ4v) is 61.5. The van der Waals surface area contributed by atoms with Crippen LogP contribution in [0, 0.1) is 0 Å². The SMILES string of the molecule is CC(C)c1cccc(C(C)C)c1[N]([Ge][Br])[Si](C[PH+](c1ccccc1)c1ccccc1)(C(C)C)C(C)C.CC(C)c1cccc(C(C)C)c1[N]([Ge][Br])[Si](C[PH+](c1ccccc1)c1ccccc1)(C(C)C)C(C)C. The van der Waals surface area contributed by atoms with Crippen LogP contribution in [0.3, 0.4) is 0 Å². The molecule has 0 aromatic heterocycles. The zero-order chi connectivity index (χ0) is 52.9. The first-order chi connectivity index (χ1) is 34.3. The number of nitrogens with zero attached hydrogens (tertiary/aromatic N) is 2. The molecule has 0 atom stereocenters. The third-order valence-electron chi connectivity index (χ3n) is 15.5. The summed E-state index contributed by atoms with van der Waals surface area (Å²) in [6.07, 6.45) is 0. The molecule has 0 saturated carbocycles. The summed E-state index contributed by atoms with van der Waals surface area (Å²) < 4.78 is 6.06. The van der Waals surface area contributed by atoms with Gasteiger partial charge in [-0.05, 0) is 0 Å². The van der Waals surface area contributed by atoms with Gasteiger partial charge in [-0.25, -0.2) is 0 Å². The minimum absolute atomic E-state index is 0.492. The molecule has 0 amide bonds. The molecule has 0 aliphatic rings. The number of rotatable bonds is 22. The first-order valence-electron chi connectivity index (χ1n) is 26.8. The van der Waals surface area contributed by atoms with Crippen molar-refractivity contribution in [1.82, 2.24) is 0 Å². The second-order valence-corrected chi connectivity index (χ2v) is 47.1. The van der Waals surface area contributed by atoms with Crippen molar-refractivity contribution in [1.29, 1.82) is 0 Å². The van der Waals surface area contributed by atoms with Gasteiger partial charge in [-0.3, -0.25) is 0 Å². The van der Waals surface area contributed by atoms with Gasteiger partial charge in [0.25, 0.3) is 0 Å². The van der Waals surface area contributed by atoms with Crippen LogP contribution in [0.5, 0.6) is 0 Å². The van der Waals surface area contributed by atoms with E-state index in [0.717, 1.165) is 0 Å². The summed E-state index contributed by atoms with van der Waals surface area (Å²) in [6, 6.07) is 59.8. The van der Waals surface area contributed by atoms with Crippen molar-refractivity contribution in [3.8, 4) is 0 Å². The van der Waals surface area contributed by atoms with Crippen LogP contribution in [0.15, 0.2) is 158 Å². The minimum atomic E-state index is -2.02. The van der Waals surface area contributed by atoms with Gasteiger partial charge in [-0.1, -0.05) is 0 Å². The van der Waals surface area contributed by atoms with Gasteiger partial charge in [0.05, 0.1) is 0 Å². The Balaban J connectivity index is 0.000000267. The molecule has 4 radical (unpaired) electrons. The maximum atomic E-state index is 4.19. The number of para-hydroxylation sites is 2. The standard InChI is InChI=1S/2C31H43BrGeNPSi/c2*1-23(2)29-20-15-21-30(24(3)4)31(29)34(33-32)36(25(5)6,26(7)8)22-35(27-16-11-9-12-17-27)28-18-13-10-14-19-28/h2*9-21,23-26H,22H2,1-8H3/p+2. The van der Waals surface area contributed by atoms with Gasteiger partial charge in [0.1, 0.15) is 0 Å². The maximum absolute atomic E-state index is 4.19. The molecule has 10 heteroatoms. The second-order valence-electron chi connectivity index (χ2n) is 22.4. The Morgan fingerprint density at radius 3 is 0.708 bits per heavy atom. The van der Waals surface area contributed by atoms with Crippen molar-refractivity contribution in [3.05, 3.63) is 180 Å². The Hall–Kier alpha value is -1.74. The van der Waals surface area contributed by atoms with Crippen LogP contribution in [0.4, 0.5) is 11.4 Å².